The maximum absolute atomic E-state index is 6.28. The lowest BCUT2D eigenvalue weighted by Gasteiger charge is -2.18. The molecule has 88 valence electrons. The van der Waals surface area contributed by atoms with Crippen LogP contribution in [0.1, 0.15) is 37.4 Å². The summed E-state index contributed by atoms with van der Waals surface area (Å²) in [5.41, 5.74) is 2.70. The molecule has 1 aromatic carbocycles. The summed E-state index contributed by atoms with van der Waals surface area (Å²) < 4.78 is 1.08. The minimum atomic E-state index is 0.463. The molecule has 0 amide bonds. The lowest BCUT2D eigenvalue weighted by atomic mass is 10.0. The highest BCUT2D eigenvalue weighted by Crippen LogP contribution is 2.41. The molecule has 0 fully saturated rings. The first-order chi connectivity index (χ1) is 7.63. The van der Waals surface area contributed by atoms with E-state index in [1.54, 1.807) is 0 Å². The van der Waals surface area contributed by atoms with Crippen LogP contribution in [-0.4, -0.2) is 6.54 Å². The Morgan fingerprint density at radius 2 is 2.25 bits per heavy atom. The zero-order chi connectivity index (χ0) is 11.7. The second-order valence-corrected chi connectivity index (χ2v) is 5.89. The van der Waals surface area contributed by atoms with Gasteiger partial charge in [-0.15, -0.1) is 0 Å². The summed E-state index contributed by atoms with van der Waals surface area (Å²) in [6.45, 7) is 5.55. The van der Waals surface area contributed by atoms with Crippen molar-refractivity contribution in [3.05, 3.63) is 32.8 Å². The fourth-order valence-electron chi connectivity index (χ4n) is 2.47. The fraction of sp³-hybridized carbons (Fsp3) is 0.538. The van der Waals surface area contributed by atoms with Gasteiger partial charge in [0.15, 0.2) is 0 Å². The monoisotopic (exact) mass is 301 g/mol. The van der Waals surface area contributed by atoms with E-state index in [0.29, 0.717) is 12.0 Å². The molecule has 1 N–H and O–H groups in total. The molecular formula is C13H17BrClN. The van der Waals surface area contributed by atoms with Crippen LogP contribution in [0.5, 0.6) is 0 Å². The Labute approximate surface area is 111 Å². The molecule has 0 spiro atoms. The molecule has 1 nitrogen and oxygen atoms in total. The number of benzene rings is 1. The predicted octanol–water partition coefficient (Wildman–Crippen LogP) is 4.34. The number of rotatable bonds is 3. The van der Waals surface area contributed by atoms with E-state index < -0.39 is 0 Å². The quantitative estimate of drug-likeness (QED) is 0.876. The van der Waals surface area contributed by atoms with Crippen molar-refractivity contribution >= 4 is 27.5 Å². The van der Waals surface area contributed by atoms with Crippen molar-refractivity contribution in [2.75, 3.05) is 6.54 Å². The van der Waals surface area contributed by atoms with Crippen LogP contribution >= 0.6 is 27.5 Å². The van der Waals surface area contributed by atoms with Gasteiger partial charge in [-0.3, -0.25) is 0 Å². The molecule has 2 rings (SSSR count). The van der Waals surface area contributed by atoms with E-state index in [1.807, 2.05) is 6.07 Å². The molecule has 0 radical (unpaired) electrons. The van der Waals surface area contributed by atoms with E-state index >= 15 is 0 Å². The van der Waals surface area contributed by atoms with Crippen molar-refractivity contribution in [1.82, 2.24) is 5.32 Å². The van der Waals surface area contributed by atoms with Crippen LogP contribution in [0.2, 0.25) is 5.02 Å². The molecule has 3 heteroatoms. The predicted molar refractivity (Wildman–Crippen MR) is 73.1 cm³/mol. The Morgan fingerprint density at radius 1 is 1.50 bits per heavy atom. The Kier molecular flexibility index (Phi) is 3.93. The summed E-state index contributed by atoms with van der Waals surface area (Å²) in [6.07, 6.45) is 2.25. The average Bonchev–Trinajstić information content (AvgIpc) is 2.53. The number of fused-ring (bicyclic) bond motifs is 1. The Hall–Kier alpha value is -0.0500. The molecule has 0 saturated carbocycles. The number of nitrogens with one attached hydrogen (secondary N) is 1. The van der Waals surface area contributed by atoms with E-state index in [0.717, 1.165) is 22.5 Å². The van der Waals surface area contributed by atoms with Gasteiger partial charge < -0.3 is 5.32 Å². The number of halogens is 2. The molecule has 0 saturated heterocycles. The van der Waals surface area contributed by atoms with Gasteiger partial charge in [-0.1, -0.05) is 41.4 Å². The van der Waals surface area contributed by atoms with E-state index in [9.17, 15) is 0 Å². The molecule has 2 atom stereocenters. The summed E-state index contributed by atoms with van der Waals surface area (Å²) in [5, 5.41) is 4.51. The SMILES string of the molecule is CCCNC1c2cc(Br)cc(Cl)c2CC1C. The third-order valence-corrected chi connectivity index (χ3v) is 4.03. The standard InChI is InChI=1S/C13H17BrClN/c1-3-4-16-13-8(2)5-10-11(13)6-9(14)7-12(10)15/h6-8,13,16H,3-5H2,1-2H3. The zero-order valence-corrected chi connectivity index (χ0v) is 12.0. The van der Waals surface area contributed by atoms with Crippen LogP contribution < -0.4 is 5.32 Å². The summed E-state index contributed by atoms with van der Waals surface area (Å²) in [5.74, 6) is 0.633. The zero-order valence-electron chi connectivity index (χ0n) is 9.69. The molecule has 0 bridgehead atoms. The Balaban J connectivity index is 2.32. The number of hydrogen-bond donors (Lipinski definition) is 1. The van der Waals surface area contributed by atoms with Crippen LogP contribution in [-0.2, 0) is 6.42 Å². The highest BCUT2D eigenvalue weighted by molar-refractivity contribution is 9.10. The topological polar surface area (TPSA) is 12.0 Å². The van der Waals surface area contributed by atoms with Crippen LogP contribution in [0.3, 0.4) is 0 Å². The number of hydrogen-bond acceptors (Lipinski definition) is 1. The van der Waals surface area contributed by atoms with Gasteiger partial charge >= 0.3 is 0 Å². The summed E-state index contributed by atoms with van der Waals surface area (Å²) in [6, 6.07) is 4.66. The van der Waals surface area contributed by atoms with Gasteiger partial charge in [-0.25, -0.2) is 0 Å². The van der Waals surface area contributed by atoms with Crippen LogP contribution in [0.4, 0.5) is 0 Å². The van der Waals surface area contributed by atoms with Gasteiger partial charge in [0.25, 0.3) is 0 Å². The van der Waals surface area contributed by atoms with Gasteiger partial charge in [-0.05, 0) is 48.6 Å². The van der Waals surface area contributed by atoms with Gasteiger partial charge in [0.1, 0.15) is 0 Å². The third-order valence-electron chi connectivity index (χ3n) is 3.24. The van der Waals surface area contributed by atoms with Crippen molar-refractivity contribution in [2.45, 2.75) is 32.7 Å². The van der Waals surface area contributed by atoms with E-state index in [4.69, 9.17) is 11.6 Å². The van der Waals surface area contributed by atoms with Crippen LogP contribution in [0.15, 0.2) is 16.6 Å². The molecule has 1 aliphatic rings. The van der Waals surface area contributed by atoms with Gasteiger partial charge in [0.2, 0.25) is 0 Å². The lowest BCUT2D eigenvalue weighted by molar-refractivity contribution is 0.417. The lowest BCUT2D eigenvalue weighted by Crippen LogP contribution is -2.24. The highest BCUT2D eigenvalue weighted by Gasteiger charge is 2.30. The summed E-state index contributed by atoms with van der Waals surface area (Å²) in [4.78, 5) is 0. The molecular weight excluding hydrogens is 286 g/mol. The van der Waals surface area contributed by atoms with Crippen molar-refractivity contribution in [3.8, 4) is 0 Å². The smallest absolute Gasteiger partial charge is 0.0452 e. The minimum absolute atomic E-state index is 0.463. The van der Waals surface area contributed by atoms with E-state index in [1.165, 1.54) is 17.5 Å². The average molecular weight is 303 g/mol. The molecule has 0 aliphatic heterocycles. The Bertz CT molecular complexity index is 392. The Morgan fingerprint density at radius 3 is 2.94 bits per heavy atom. The highest BCUT2D eigenvalue weighted by atomic mass is 79.9. The van der Waals surface area contributed by atoms with Crippen molar-refractivity contribution < 1.29 is 0 Å². The molecule has 1 aromatic rings. The molecule has 1 aliphatic carbocycles. The summed E-state index contributed by atoms with van der Waals surface area (Å²) in [7, 11) is 0. The van der Waals surface area contributed by atoms with Crippen molar-refractivity contribution in [3.63, 3.8) is 0 Å². The van der Waals surface area contributed by atoms with Crippen molar-refractivity contribution in [1.29, 1.82) is 0 Å². The van der Waals surface area contributed by atoms with Gasteiger partial charge in [-0.2, -0.15) is 0 Å². The first kappa shape index (κ1) is 12.4. The normalized spacial score (nSPS) is 23.5. The maximum atomic E-state index is 6.28. The van der Waals surface area contributed by atoms with Gasteiger partial charge in [0.05, 0.1) is 0 Å². The fourth-order valence-corrected chi connectivity index (χ4v) is 3.38. The maximum Gasteiger partial charge on any atom is 0.0452 e. The van der Waals surface area contributed by atoms with Crippen LogP contribution in [0.25, 0.3) is 0 Å². The molecule has 0 heterocycles. The first-order valence-electron chi connectivity index (χ1n) is 5.84. The second kappa shape index (κ2) is 5.07. The van der Waals surface area contributed by atoms with E-state index in [2.05, 4.69) is 41.2 Å². The first-order valence-corrected chi connectivity index (χ1v) is 7.01. The third kappa shape index (κ3) is 2.29. The molecule has 16 heavy (non-hydrogen) atoms. The molecule has 2 unspecified atom stereocenters. The van der Waals surface area contributed by atoms with Crippen LogP contribution in [0, 0.1) is 5.92 Å². The minimum Gasteiger partial charge on any atom is -0.310 e. The van der Waals surface area contributed by atoms with Gasteiger partial charge in [0, 0.05) is 15.5 Å². The second-order valence-electron chi connectivity index (χ2n) is 4.57. The largest absolute Gasteiger partial charge is 0.310 e. The van der Waals surface area contributed by atoms with Crippen molar-refractivity contribution in [2.24, 2.45) is 5.92 Å². The summed E-state index contributed by atoms with van der Waals surface area (Å²) >= 11 is 9.80. The molecule has 0 aromatic heterocycles. The van der Waals surface area contributed by atoms with E-state index in [-0.39, 0.29) is 0 Å².